The lowest BCUT2D eigenvalue weighted by molar-refractivity contribution is -0.113. The van der Waals surface area contributed by atoms with E-state index in [1.54, 1.807) is 43.5 Å². The lowest BCUT2D eigenvalue weighted by Gasteiger charge is -2.15. The van der Waals surface area contributed by atoms with Crippen LogP contribution in [0.4, 0.5) is 5.69 Å². The second-order valence-corrected chi connectivity index (χ2v) is 7.65. The topological polar surface area (TPSA) is 98.1 Å². The van der Waals surface area contributed by atoms with E-state index in [0.29, 0.717) is 28.8 Å². The molecule has 0 unspecified atom stereocenters. The fraction of sp³-hybridized carbons (Fsp3) is 0.273. The van der Waals surface area contributed by atoms with Gasteiger partial charge in [-0.25, -0.2) is 0 Å². The summed E-state index contributed by atoms with van der Waals surface area (Å²) in [5.41, 5.74) is 1.28. The van der Waals surface area contributed by atoms with Crippen molar-refractivity contribution in [1.82, 2.24) is 20.1 Å². The van der Waals surface area contributed by atoms with E-state index in [4.69, 9.17) is 4.74 Å². The minimum atomic E-state index is -0.331. The molecule has 2 amide bonds. The van der Waals surface area contributed by atoms with Gasteiger partial charge >= 0.3 is 0 Å². The quantitative estimate of drug-likeness (QED) is 0.495. The van der Waals surface area contributed by atoms with E-state index in [0.717, 1.165) is 5.75 Å². The molecule has 1 aromatic heterocycles. The number of ether oxygens (including phenoxy) is 1. The first-order valence-corrected chi connectivity index (χ1v) is 10.9. The van der Waals surface area contributed by atoms with Gasteiger partial charge in [-0.15, -0.1) is 10.2 Å². The molecule has 162 valence electrons. The molecule has 0 spiro atoms. The van der Waals surface area contributed by atoms with E-state index < -0.39 is 0 Å². The maximum Gasteiger partial charge on any atom is 0.251 e. The number of carbonyl (C=O) groups excluding carboxylic acids is 2. The van der Waals surface area contributed by atoms with Crippen molar-refractivity contribution in [2.45, 2.75) is 31.6 Å². The van der Waals surface area contributed by atoms with Crippen LogP contribution >= 0.6 is 11.8 Å². The van der Waals surface area contributed by atoms with E-state index in [1.807, 2.05) is 36.6 Å². The smallest absolute Gasteiger partial charge is 0.251 e. The van der Waals surface area contributed by atoms with E-state index >= 15 is 0 Å². The fourth-order valence-corrected chi connectivity index (χ4v) is 3.77. The number of carbonyl (C=O) groups is 2. The SMILES string of the molecule is CCn1c(SCC(=O)Nc2ccc(OC)cc2)nnc1[C@H](C)NC(=O)c1ccccc1. The first-order chi connectivity index (χ1) is 15.0. The number of hydrogen-bond acceptors (Lipinski definition) is 6. The van der Waals surface area contributed by atoms with Crippen LogP contribution in [0.15, 0.2) is 59.8 Å². The predicted molar refractivity (Wildman–Crippen MR) is 120 cm³/mol. The first kappa shape index (κ1) is 22.4. The van der Waals surface area contributed by atoms with E-state index in [9.17, 15) is 9.59 Å². The van der Waals surface area contributed by atoms with Gasteiger partial charge in [0.25, 0.3) is 5.91 Å². The Balaban J connectivity index is 1.59. The molecule has 0 aliphatic rings. The molecule has 3 aromatic rings. The van der Waals surface area contributed by atoms with Gasteiger partial charge in [0.05, 0.1) is 18.9 Å². The zero-order chi connectivity index (χ0) is 22.2. The van der Waals surface area contributed by atoms with Crippen molar-refractivity contribution >= 4 is 29.3 Å². The van der Waals surface area contributed by atoms with Crippen LogP contribution in [0.25, 0.3) is 0 Å². The first-order valence-electron chi connectivity index (χ1n) is 9.87. The normalized spacial score (nSPS) is 11.6. The highest BCUT2D eigenvalue weighted by Gasteiger charge is 2.20. The predicted octanol–water partition coefficient (Wildman–Crippen LogP) is 3.53. The van der Waals surface area contributed by atoms with Crippen molar-refractivity contribution in [3.8, 4) is 5.75 Å². The van der Waals surface area contributed by atoms with Gasteiger partial charge in [-0.3, -0.25) is 9.59 Å². The molecule has 0 bridgehead atoms. The number of amides is 2. The third-order valence-corrected chi connectivity index (χ3v) is 5.51. The Labute approximate surface area is 185 Å². The van der Waals surface area contributed by atoms with Gasteiger partial charge in [0, 0.05) is 17.8 Å². The number of methoxy groups -OCH3 is 1. The summed E-state index contributed by atoms with van der Waals surface area (Å²) in [7, 11) is 1.59. The van der Waals surface area contributed by atoms with Crippen LogP contribution in [0.5, 0.6) is 5.75 Å². The van der Waals surface area contributed by atoms with Crippen LogP contribution in [0.1, 0.15) is 36.1 Å². The summed E-state index contributed by atoms with van der Waals surface area (Å²) in [6.07, 6.45) is 0. The molecule has 0 radical (unpaired) electrons. The van der Waals surface area contributed by atoms with Gasteiger partial charge in [-0.05, 0) is 50.2 Å². The number of rotatable bonds is 9. The number of thioether (sulfide) groups is 1. The van der Waals surface area contributed by atoms with Crippen molar-refractivity contribution in [3.63, 3.8) is 0 Å². The van der Waals surface area contributed by atoms with Gasteiger partial charge in [-0.2, -0.15) is 0 Å². The van der Waals surface area contributed by atoms with Crippen LogP contribution in [0.3, 0.4) is 0 Å². The molecule has 3 rings (SSSR count). The number of hydrogen-bond donors (Lipinski definition) is 2. The zero-order valence-electron chi connectivity index (χ0n) is 17.7. The number of benzene rings is 2. The van der Waals surface area contributed by atoms with Crippen LogP contribution in [0, 0.1) is 0 Å². The monoisotopic (exact) mass is 439 g/mol. The van der Waals surface area contributed by atoms with Crippen molar-refractivity contribution in [3.05, 3.63) is 66.0 Å². The van der Waals surface area contributed by atoms with Crippen molar-refractivity contribution in [1.29, 1.82) is 0 Å². The van der Waals surface area contributed by atoms with Gasteiger partial charge in [0.2, 0.25) is 5.91 Å². The third-order valence-electron chi connectivity index (χ3n) is 4.54. The van der Waals surface area contributed by atoms with Crippen molar-refractivity contribution in [2.75, 3.05) is 18.2 Å². The van der Waals surface area contributed by atoms with Gasteiger partial charge in [0.15, 0.2) is 11.0 Å². The number of aromatic nitrogens is 3. The number of nitrogens with zero attached hydrogens (tertiary/aromatic N) is 3. The zero-order valence-corrected chi connectivity index (χ0v) is 18.5. The second-order valence-electron chi connectivity index (χ2n) is 6.71. The molecule has 1 heterocycles. The van der Waals surface area contributed by atoms with Crippen molar-refractivity contribution in [2.24, 2.45) is 0 Å². The number of nitrogens with one attached hydrogen (secondary N) is 2. The van der Waals surface area contributed by atoms with E-state index in [1.165, 1.54) is 11.8 Å². The van der Waals surface area contributed by atoms with Crippen LogP contribution in [-0.4, -0.2) is 39.4 Å². The third kappa shape index (κ3) is 5.85. The summed E-state index contributed by atoms with van der Waals surface area (Å²) in [6, 6.07) is 15.8. The summed E-state index contributed by atoms with van der Waals surface area (Å²) in [6.45, 7) is 4.46. The summed E-state index contributed by atoms with van der Waals surface area (Å²) < 4.78 is 7.02. The highest BCUT2D eigenvalue weighted by atomic mass is 32.2. The number of anilines is 1. The molecule has 8 nitrogen and oxygen atoms in total. The van der Waals surface area contributed by atoms with E-state index in [-0.39, 0.29) is 23.6 Å². The molecule has 1 atom stereocenters. The molecule has 2 aromatic carbocycles. The molecule has 0 saturated heterocycles. The molecule has 9 heteroatoms. The molecule has 31 heavy (non-hydrogen) atoms. The molecule has 0 saturated carbocycles. The second kappa shape index (κ2) is 10.6. The maximum atomic E-state index is 12.4. The Morgan fingerprint density at radius 3 is 2.45 bits per heavy atom. The minimum Gasteiger partial charge on any atom is -0.497 e. The lowest BCUT2D eigenvalue weighted by atomic mass is 10.2. The molecule has 0 fully saturated rings. The largest absolute Gasteiger partial charge is 0.497 e. The Morgan fingerprint density at radius 1 is 1.10 bits per heavy atom. The van der Waals surface area contributed by atoms with Crippen LogP contribution < -0.4 is 15.4 Å². The minimum absolute atomic E-state index is 0.146. The summed E-state index contributed by atoms with van der Waals surface area (Å²) in [5, 5.41) is 14.9. The average molecular weight is 440 g/mol. The molecule has 0 aliphatic carbocycles. The highest BCUT2D eigenvalue weighted by Crippen LogP contribution is 2.21. The lowest BCUT2D eigenvalue weighted by Crippen LogP contribution is -2.28. The van der Waals surface area contributed by atoms with Crippen molar-refractivity contribution < 1.29 is 14.3 Å². The van der Waals surface area contributed by atoms with Gasteiger partial charge in [-0.1, -0.05) is 30.0 Å². The Kier molecular flexibility index (Phi) is 7.66. The Morgan fingerprint density at radius 2 is 1.81 bits per heavy atom. The standard InChI is InChI=1S/C22H25N5O3S/c1-4-27-20(15(2)23-21(29)16-8-6-5-7-9-16)25-26-22(27)31-14-19(28)24-17-10-12-18(30-3)13-11-17/h5-13,15H,4,14H2,1-3H3,(H,23,29)(H,24,28)/t15-/m0/s1. The molecule has 0 aliphatic heterocycles. The Hall–Kier alpha value is -3.33. The summed E-state index contributed by atoms with van der Waals surface area (Å²) >= 11 is 1.30. The van der Waals surface area contributed by atoms with Gasteiger partial charge < -0.3 is 19.9 Å². The highest BCUT2D eigenvalue weighted by molar-refractivity contribution is 7.99. The van der Waals surface area contributed by atoms with Crippen LogP contribution in [-0.2, 0) is 11.3 Å². The summed E-state index contributed by atoms with van der Waals surface area (Å²) in [5.74, 6) is 1.24. The van der Waals surface area contributed by atoms with E-state index in [2.05, 4.69) is 20.8 Å². The molecular weight excluding hydrogens is 414 g/mol. The maximum absolute atomic E-state index is 12.4. The van der Waals surface area contributed by atoms with Crippen LogP contribution in [0.2, 0.25) is 0 Å². The van der Waals surface area contributed by atoms with Gasteiger partial charge in [0.1, 0.15) is 5.75 Å². The molecular formula is C22H25N5O3S. The summed E-state index contributed by atoms with van der Waals surface area (Å²) in [4.78, 5) is 24.7. The average Bonchev–Trinajstić information content (AvgIpc) is 3.22. The fourth-order valence-electron chi connectivity index (χ4n) is 2.96. The molecule has 2 N–H and O–H groups in total. The Bertz CT molecular complexity index is 1020.